The number of primary sulfonamides is 1. The Morgan fingerprint density at radius 3 is 2.79 bits per heavy atom. The van der Waals surface area contributed by atoms with Crippen molar-refractivity contribution in [3.63, 3.8) is 0 Å². The van der Waals surface area contributed by atoms with Gasteiger partial charge in [-0.3, -0.25) is 4.68 Å². The summed E-state index contributed by atoms with van der Waals surface area (Å²) in [5.41, 5.74) is 0.920. The van der Waals surface area contributed by atoms with Gasteiger partial charge in [0.2, 0.25) is 10.0 Å². The third kappa shape index (κ3) is 3.34. The van der Waals surface area contributed by atoms with E-state index < -0.39 is 10.0 Å². The Morgan fingerprint density at radius 1 is 1.47 bits per heavy atom. The van der Waals surface area contributed by atoms with Crippen LogP contribution in [-0.4, -0.2) is 25.3 Å². The van der Waals surface area contributed by atoms with Gasteiger partial charge in [-0.1, -0.05) is 15.9 Å². The van der Waals surface area contributed by atoms with Crippen LogP contribution in [0.4, 0.5) is 0 Å². The quantitative estimate of drug-likeness (QED) is 0.905. The fourth-order valence-corrected chi connectivity index (χ4v) is 2.39. The third-order valence-electron chi connectivity index (χ3n) is 2.52. The van der Waals surface area contributed by atoms with Crippen LogP contribution in [0.1, 0.15) is 5.56 Å². The van der Waals surface area contributed by atoms with Crippen molar-refractivity contribution in [3.05, 3.63) is 40.6 Å². The summed E-state index contributed by atoms with van der Waals surface area (Å²) in [5.74, 6) is 0.719. The Balaban J connectivity index is 2.29. The summed E-state index contributed by atoms with van der Waals surface area (Å²) in [6, 6.07) is 5.53. The average Bonchev–Trinajstić information content (AvgIpc) is 2.80. The van der Waals surface area contributed by atoms with Gasteiger partial charge in [0.25, 0.3) is 0 Å². The summed E-state index contributed by atoms with van der Waals surface area (Å²) in [5, 5.41) is 9.00. The van der Waals surface area contributed by atoms with E-state index in [0.717, 1.165) is 15.8 Å². The highest BCUT2D eigenvalue weighted by Gasteiger charge is 2.11. The molecule has 1 aromatic heterocycles. The molecule has 6 nitrogen and oxygen atoms in total. The summed E-state index contributed by atoms with van der Waals surface area (Å²) in [4.78, 5) is -0.00785. The maximum absolute atomic E-state index is 11.2. The van der Waals surface area contributed by atoms with Crippen LogP contribution in [0.3, 0.4) is 0 Å². The number of methoxy groups -OCH3 is 1. The Morgan fingerprint density at radius 2 is 2.21 bits per heavy atom. The van der Waals surface area contributed by atoms with Crippen molar-refractivity contribution >= 4 is 26.0 Å². The Hall–Kier alpha value is -1.38. The summed E-state index contributed by atoms with van der Waals surface area (Å²) in [6.45, 7) is 0.410. The highest BCUT2D eigenvalue weighted by molar-refractivity contribution is 9.10. The van der Waals surface area contributed by atoms with E-state index in [-0.39, 0.29) is 4.90 Å². The molecule has 0 aliphatic heterocycles. The second kappa shape index (κ2) is 5.32. The van der Waals surface area contributed by atoms with Crippen molar-refractivity contribution in [2.24, 2.45) is 5.14 Å². The fourth-order valence-electron chi connectivity index (χ4n) is 1.55. The van der Waals surface area contributed by atoms with Crippen molar-refractivity contribution in [3.8, 4) is 5.75 Å². The van der Waals surface area contributed by atoms with E-state index in [1.165, 1.54) is 17.1 Å². The van der Waals surface area contributed by atoms with Crippen LogP contribution < -0.4 is 9.88 Å². The van der Waals surface area contributed by atoms with Crippen LogP contribution >= 0.6 is 15.9 Å². The summed E-state index contributed by atoms with van der Waals surface area (Å²) < 4.78 is 29.9. The minimum Gasteiger partial charge on any atom is -0.497 e. The van der Waals surface area contributed by atoms with Crippen molar-refractivity contribution in [2.75, 3.05) is 7.11 Å². The molecule has 0 saturated heterocycles. The second-order valence-electron chi connectivity index (χ2n) is 3.88. The van der Waals surface area contributed by atoms with E-state index in [1.54, 1.807) is 7.11 Å². The molecule has 19 heavy (non-hydrogen) atoms. The van der Waals surface area contributed by atoms with Crippen molar-refractivity contribution in [1.29, 1.82) is 0 Å². The van der Waals surface area contributed by atoms with Crippen LogP contribution in [0, 0.1) is 0 Å². The molecular weight excluding hydrogens is 334 g/mol. The maximum Gasteiger partial charge on any atom is 0.241 e. The van der Waals surface area contributed by atoms with Crippen LogP contribution in [0.25, 0.3) is 0 Å². The smallest absolute Gasteiger partial charge is 0.241 e. The minimum atomic E-state index is -3.72. The van der Waals surface area contributed by atoms with E-state index in [0.29, 0.717) is 6.54 Å². The van der Waals surface area contributed by atoms with E-state index in [4.69, 9.17) is 9.88 Å². The number of nitrogens with two attached hydrogens (primary N) is 1. The van der Waals surface area contributed by atoms with Gasteiger partial charge in [0.1, 0.15) is 10.6 Å². The molecular formula is C11H12BrN3O3S. The lowest BCUT2D eigenvalue weighted by Crippen LogP contribution is -2.11. The van der Waals surface area contributed by atoms with Crippen molar-refractivity contribution in [1.82, 2.24) is 9.78 Å². The summed E-state index contributed by atoms with van der Waals surface area (Å²) in [6.07, 6.45) is 2.62. The summed E-state index contributed by atoms with van der Waals surface area (Å²) in [7, 11) is -2.13. The van der Waals surface area contributed by atoms with E-state index >= 15 is 0 Å². The molecule has 0 amide bonds. The maximum atomic E-state index is 11.2. The lowest BCUT2D eigenvalue weighted by molar-refractivity contribution is 0.414. The predicted octanol–water partition coefficient (Wildman–Crippen LogP) is 1.35. The number of sulfonamides is 1. The van der Waals surface area contributed by atoms with Gasteiger partial charge in [0.05, 0.1) is 19.9 Å². The third-order valence-corrected chi connectivity index (χ3v) is 4.16. The first-order valence-corrected chi connectivity index (χ1v) is 7.62. The molecule has 8 heteroatoms. The van der Waals surface area contributed by atoms with E-state index in [2.05, 4.69) is 21.0 Å². The minimum absolute atomic E-state index is 0.00785. The van der Waals surface area contributed by atoms with Crippen LogP contribution in [0.15, 0.2) is 40.0 Å². The molecule has 0 saturated carbocycles. The van der Waals surface area contributed by atoms with Crippen LogP contribution in [0.2, 0.25) is 0 Å². The van der Waals surface area contributed by atoms with Gasteiger partial charge in [0, 0.05) is 10.7 Å². The summed E-state index contributed by atoms with van der Waals surface area (Å²) >= 11 is 3.42. The first-order chi connectivity index (χ1) is 8.90. The number of hydrogen-bond donors (Lipinski definition) is 1. The molecule has 0 bridgehead atoms. The zero-order chi connectivity index (χ0) is 14.0. The Kier molecular flexibility index (Phi) is 3.93. The first-order valence-electron chi connectivity index (χ1n) is 5.28. The Bertz CT molecular complexity index is 697. The monoisotopic (exact) mass is 345 g/mol. The predicted molar refractivity (Wildman–Crippen MR) is 73.4 cm³/mol. The number of halogens is 1. The number of rotatable bonds is 4. The van der Waals surface area contributed by atoms with Gasteiger partial charge in [-0.2, -0.15) is 5.10 Å². The number of aromatic nitrogens is 2. The molecule has 0 aliphatic carbocycles. The molecule has 102 valence electrons. The molecule has 0 unspecified atom stereocenters. The highest BCUT2D eigenvalue weighted by Crippen LogP contribution is 2.23. The van der Waals surface area contributed by atoms with Crippen LogP contribution in [-0.2, 0) is 16.6 Å². The van der Waals surface area contributed by atoms with E-state index in [9.17, 15) is 8.42 Å². The van der Waals surface area contributed by atoms with Crippen molar-refractivity contribution < 1.29 is 13.2 Å². The van der Waals surface area contributed by atoms with E-state index in [1.807, 2.05) is 18.2 Å². The fraction of sp³-hybridized carbons (Fsp3) is 0.182. The zero-order valence-corrected chi connectivity index (χ0v) is 12.5. The lowest BCUT2D eigenvalue weighted by atomic mass is 10.2. The molecule has 0 spiro atoms. The van der Waals surface area contributed by atoms with Gasteiger partial charge in [-0.05, 0) is 23.8 Å². The topological polar surface area (TPSA) is 87.2 Å². The standard InChI is InChI=1S/C11H12BrN3O3S/c1-18-9-2-3-11(12)8(4-9)6-15-7-10(5-14-15)19(13,16)17/h2-5,7H,6H2,1H3,(H2,13,16,17). The second-order valence-corrected chi connectivity index (χ2v) is 6.29. The lowest BCUT2D eigenvalue weighted by Gasteiger charge is -2.07. The molecule has 2 N–H and O–H groups in total. The molecule has 0 atom stereocenters. The SMILES string of the molecule is COc1ccc(Br)c(Cn2cc(S(N)(=O)=O)cn2)c1. The molecule has 0 radical (unpaired) electrons. The van der Waals surface area contributed by atoms with Crippen LogP contribution in [0.5, 0.6) is 5.75 Å². The van der Waals surface area contributed by atoms with Gasteiger partial charge < -0.3 is 4.74 Å². The van der Waals surface area contributed by atoms with Gasteiger partial charge in [0.15, 0.2) is 0 Å². The molecule has 0 fully saturated rings. The normalized spacial score (nSPS) is 11.5. The van der Waals surface area contributed by atoms with Gasteiger partial charge in [-0.15, -0.1) is 0 Å². The molecule has 1 heterocycles. The molecule has 0 aliphatic rings. The molecule has 2 aromatic rings. The first kappa shape index (κ1) is 14.0. The number of hydrogen-bond acceptors (Lipinski definition) is 4. The number of nitrogens with zero attached hydrogens (tertiary/aromatic N) is 2. The average molecular weight is 346 g/mol. The number of ether oxygens (including phenoxy) is 1. The zero-order valence-electron chi connectivity index (χ0n) is 10.1. The largest absolute Gasteiger partial charge is 0.497 e. The van der Waals surface area contributed by atoms with Crippen molar-refractivity contribution in [2.45, 2.75) is 11.4 Å². The number of benzene rings is 1. The highest BCUT2D eigenvalue weighted by atomic mass is 79.9. The Labute approximate surface area is 119 Å². The van der Waals surface area contributed by atoms with Gasteiger partial charge in [-0.25, -0.2) is 13.6 Å². The molecule has 1 aromatic carbocycles. The van der Waals surface area contributed by atoms with Gasteiger partial charge >= 0.3 is 0 Å². The molecule has 2 rings (SSSR count).